The summed E-state index contributed by atoms with van der Waals surface area (Å²) in [5.74, 6) is 0.409. The predicted octanol–water partition coefficient (Wildman–Crippen LogP) is 10.8. The Morgan fingerprint density at radius 2 is 0.574 bits per heavy atom. The zero-order valence-electron chi connectivity index (χ0n) is 31.2. The van der Waals surface area contributed by atoms with Gasteiger partial charge in [0.15, 0.2) is 0 Å². The maximum absolute atomic E-state index is 10.6. The Morgan fingerprint density at radius 3 is 0.787 bits per heavy atom. The normalized spacial score (nSPS) is 13.1. The molecule has 0 spiro atoms. The molecule has 0 radical (unpaired) electrons. The minimum atomic E-state index is -4.55. The SMILES string of the molecule is CCCCCCCCCCC(CCCCCC)COS(=O)(=O)[O-].CCCCCCCCCCC(CCCCCC)COS(=O)(=O)[O-].[Ca+2]. The van der Waals surface area contributed by atoms with Gasteiger partial charge in [-0.3, -0.25) is 8.37 Å². The molecule has 11 heteroatoms. The van der Waals surface area contributed by atoms with E-state index in [1.54, 1.807) is 0 Å². The zero-order valence-corrected chi connectivity index (χ0v) is 35.0. The minimum absolute atomic E-state index is 0. The van der Waals surface area contributed by atoms with Crippen LogP contribution in [0.15, 0.2) is 0 Å². The molecule has 0 aliphatic heterocycles. The molecule has 0 saturated heterocycles. The van der Waals surface area contributed by atoms with Crippen molar-refractivity contribution in [2.24, 2.45) is 11.8 Å². The van der Waals surface area contributed by atoms with Crippen molar-refractivity contribution in [3.8, 4) is 0 Å². The second kappa shape index (κ2) is 38.2. The summed E-state index contributed by atoms with van der Waals surface area (Å²) in [7, 11) is -9.11. The summed E-state index contributed by atoms with van der Waals surface area (Å²) in [6.45, 7) is 8.93. The van der Waals surface area contributed by atoms with E-state index in [4.69, 9.17) is 0 Å². The van der Waals surface area contributed by atoms with Gasteiger partial charge < -0.3 is 9.11 Å². The Balaban J connectivity index is -0.000000807. The molecule has 0 bridgehead atoms. The van der Waals surface area contributed by atoms with Crippen molar-refractivity contribution in [1.29, 1.82) is 0 Å². The van der Waals surface area contributed by atoms with Gasteiger partial charge in [-0.2, -0.15) is 0 Å². The summed E-state index contributed by atoms with van der Waals surface area (Å²) in [6.07, 6.45) is 33.5. The molecule has 47 heavy (non-hydrogen) atoms. The molecule has 0 aliphatic carbocycles. The van der Waals surface area contributed by atoms with E-state index in [1.165, 1.54) is 128 Å². The van der Waals surface area contributed by atoms with Gasteiger partial charge in [-0.05, 0) is 37.5 Å². The van der Waals surface area contributed by atoms with E-state index in [2.05, 4.69) is 36.1 Å². The molecular formula is C36H74CaO8S2. The third-order valence-corrected chi connectivity index (χ3v) is 9.61. The molecule has 8 nitrogen and oxygen atoms in total. The molecule has 0 aromatic rings. The second-order valence-electron chi connectivity index (χ2n) is 13.3. The summed E-state index contributed by atoms with van der Waals surface area (Å²) in [6, 6.07) is 0. The fraction of sp³-hybridized carbons (Fsp3) is 1.00. The molecule has 0 N–H and O–H groups in total. The molecule has 0 heterocycles. The Hall–Kier alpha value is 1.000. The van der Waals surface area contributed by atoms with Crippen molar-refractivity contribution in [3.05, 3.63) is 0 Å². The van der Waals surface area contributed by atoms with Gasteiger partial charge in [-0.1, -0.05) is 182 Å². The average molecular weight is 739 g/mol. The average Bonchev–Trinajstić information content (AvgIpc) is 3.00. The van der Waals surface area contributed by atoms with Crippen LogP contribution in [0.5, 0.6) is 0 Å². The molecular weight excluding hydrogens is 665 g/mol. The van der Waals surface area contributed by atoms with E-state index in [1.807, 2.05) is 0 Å². The first-order chi connectivity index (χ1) is 22.0. The molecule has 0 aliphatic rings. The Kier molecular flexibility index (Phi) is 42.6. The molecule has 2 unspecified atom stereocenters. The quantitative estimate of drug-likeness (QED) is 0.0276. The van der Waals surface area contributed by atoms with Crippen LogP contribution < -0.4 is 0 Å². The Bertz CT molecular complexity index is 757. The molecule has 0 aromatic carbocycles. The van der Waals surface area contributed by atoms with Crippen molar-refractivity contribution < 1.29 is 34.3 Å². The van der Waals surface area contributed by atoms with Crippen molar-refractivity contribution in [2.45, 2.75) is 207 Å². The van der Waals surface area contributed by atoms with E-state index in [0.717, 1.165) is 51.4 Å². The van der Waals surface area contributed by atoms with Gasteiger partial charge in [0.1, 0.15) is 0 Å². The van der Waals surface area contributed by atoms with Crippen LogP contribution in [0.4, 0.5) is 0 Å². The van der Waals surface area contributed by atoms with Crippen LogP contribution in [-0.4, -0.2) is 76.9 Å². The van der Waals surface area contributed by atoms with E-state index in [-0.39, 0.29) is 62.8 Å². The summed E-state index contributed by atoms with van der Waals surface area (Å²) in [4.78, 5) is 0. The van der Waals surface area contributed by atoms with Crippen LogP contribution in [0.25, 0.3) is 0 Å². The monoisotopic (exact) mass is 738 g/mol. The first-order valence-corrected chi connectivity index (χ1v) is 21.9. The smallest absolute Gasteiger partial charge is 0.726 e. The standard InChI is InChI=1S/2C18H38O4S.Ca/c2*1-3-5-7-9-10-11-12-14-16-18(15-13-8-6-4-2)17-22-23(19,20)21;/h2*18H,3-17H2,1-2H3,(H,19,20,21);/q;;+2/p-2. The van der Waals surface area contributed by atoms with Crippen LogP contribution in [-0.2, 0) is 29.2 Å². The predicted molar refractivity (Wildman–Crippen MR) is 196 cm³/mol. The second-order valence-corrected chi connectivity index (χ2v) is 15.4. The number of unbranched alkanes of at least 4 members (excludes halogenated alkanes) is 20. The topological polar surface area (TPSA) is 133 Å². The minimum Gasteiger partial charge on any atom is -0.726 e. The zero-order chi connectivity index (χ0) is 34.8. The van der Waals surface area contributed by atoms with Crippen molar-refractivity contribution in [1.82, 2.24) is 0 Å². The largest absolute Gasteiger partial charge is 2.00 e. The molecule has 2 atom stereocenters. The van der Waals surface area contributed by atoms with Gasteiger partial charge in [-0.15, -0.1) is 0 Å². The van der Waals surface area contributed by atoms with E-state index >= 15 is 0 Å². The van der Waals surface area contributed by atoms with E-state index < -0.39 is 20.8 Å². The maximum Gasteiger partial charge on any atom is 2.00 e. The van der Waals surface area contributed by atoms with E-state index in [9.17, 15) is 25.9 Å². The van der Waals surface area contributed by atoms with Crippen LogP contribution in [0.3, 0.4) is 0 Å². The van der Waals surface area contributed by atoms with Crippen molar-refractivity contribution >= 4 is 58.5 Å². The molecule has 0 saturated carbocycles. The first-order valence-electron chi connectivity index (χ1n) is 19.2. The molecule has 0 rings (SSSR count). The maximum atomic E-state index is 10.6. The van der Waals surface area contributed by atoms with Gasteiger partial charge in [0.05, 0.1) is 13.2 Å². The van der Waals surface area contributed by atoms with Crippen LogP contribution in [0.1, 0.15) is 207 Å². The van der Waals surface area contributed by atoms with Gasteiger partial charge in [-0.25, -0.2) is 16.8 Å². The number of hydrogen-bond acceptors (Lipinski definition) is 8. The third-order valence-electron chi connectivity index (χ3n) is 8.76. The van der Waals surface area contributed by atoms with Crippen LogP contribution in [0.2, 0.25) is 0 Å². The Morgan fingerprint density at radius 1 is 0.383 bits per heavy atom. The van der Waals surface area contributed by atoms with Crippen molar-refractivity contribution in [2.75, 3.05) is 13.2 Å². The van der Waals surface area contributed by atoms with Gasteiger partial charge >= 0.3 is 37.7 Å². The molecule has 0 aromatic heterocycles. The third kappa shape index (κ3) is 47.0. The number of rotatable bonds is 34. The summed E-state index contributed by atoms with van der Waals surface area (Å²) in [5, 5.41) is 0. The van der Waals surface area contributed by atoms with Crippen LogP contribution >= 0.6 is 0 Å². The van der Waals surface area contributed by atoms with Gasteiger partial charge in [0, 0.05) is 0 Å². The van der Waals surface area contributed by atoms with Crippen molar-refractivity contribution in [3.63, 3.8) is 0 Å². The van der Waals surface area contributed by atoms with Crippen LogP contribution in [0, 0.1) is 11.8 Å². The summed E-state index contributed by atoms with van der Waals surface area (Å²) in [5.41, 5.74) is 0. The van der Waals surface area contributed by atoms with E-state index in [0.29, 0.717) is 0 Å². The first kappa shape index (κ1) is 52.4. The molecule has 280 valence electrons. The fourth-order valence-corrected chi connectivity index (χ4v) is 6.55. The number of hydrogen-bond donors (Lipinski definition) is 0. The Labute approximate surface area is 323 Å². The van der Waals surface area contributed by atoms with Gasteiger partial charge in [0.25, 0.3) is 0 Å². The fourth-order valence-electron chi connectivity index (χ4n) is 5.83. The molecule has 0 amide bonds. The summed E-state index contributed by atoms with van der Waals surface area (Å²) < 4.78 is 72.8. The molecule has 0 fully saturated rings. The van der Waals surface area contributed by atoms with Gasteiger partial charge in [0.2, 0.25) is 20.8 Å². The summed E-state index contributed by atoms with van der Waals surface area (Å²) >= 11 is 0.